The minimum absolute atomic E-state index is 0.0793. The van der Waals surface area contributed by atoms with Crippen molar-refractivity contribution >= 4 is 16.7 Å². The molecule has 2 aromatic carbocycles. The number of nitrogens with one attached hydrogen (secondary N) is 1. The molecule has 1 aliphatic rings. The Bertz CT molecular complexity index is 837. The Morgan fingerprint density at radius 3 is 2.44 bits per heavy atom. The highest BCUT2D eigenvalue weighted by atomic mass is 19.4. The van der Waals surface area contributed by atoms with Crippen molar-refractivity contribution in [3.8, 4) is 11.5 Å². The fourth-order valence-electron chi connectivity index (χ4n) is 3.05. The van der Waals surface area contributed by atoms with Gasteiger partial charge < -0.3 is 19.7 Å². The molecule has 0 radical (unpaired) electrons. The van der Waals surface area contributed by atoms with Gasteiger partial charge >= 0.3 is 6.18 Å². The molecule has 3 rings (SSSR count). The number of nitrogens with zero attached hydrogens (tertiary/aromatic N) is 2. The number of halogens is 3. The summed E-state index contributed by atoms with van der Waals surface area (Å²) in [7, 11) is 3.18. The van der Waals surface area contributed by atoms with E-state index in [9.17, 15) is 13.2 Å². The van der Waals surface area contributed by atoms with Crippen LogP contribution in [0.4, 0.5) is 13.2 Å². The number of hydrogen-bond acceptors (Lipinski definition) is 5. The summed E-state index contributed by atoms with van der Waals surface area (Å²) in [6.07, 6.45) is -5.00. The van der Waals surface area contributed by atoms with E-state index in [0.29, 0.717) is 37.1 Å². The van der Waals surface area contributed by atoms with Crippen molar-refractivity contribution in [1.82, 2.24) is 10.2 Å². The summed E-state index contributed by atoms with van der Waals surface area (Å²) in [6.45, 7) is 1.41. The van der Waals surface area contributed by atoms with Crippen molar-refractivity contribution in [3.05, 3.63) is 35.9 Å². The van der Waals surface area contributed by atoms with Crippen molar-refractivity contribution in [2.24, 2.45) is 4.99 Å². The van der Waals surface area contributed by atoms with Crippen LogP contribution in [0.2, 0.25) is 0 Å². The quantitative estimate of drug-likeness (QED) is 0.831. The molecule has 5 nitrogen and oxygen atoms in total. The van der Waals surface area contributed by atoms with Gasteiger partial charge in [0, 0.05) is 19.6 Å². The minimum atomic E-state index is -4.16. The number of guanidine groups is 1. The summed E-state index contributed by atoms with van der Waals surface area (Å²) in [4.78, 5) is 5.91. The topological polar surface area (TPSA) is 46.1 Å². The molecule has 0 aromatic heterocycles. The van der Waals surface area contributed by atoms with E-state index in [2.05, 4.69) is 10.3 Å². The van der Waals surface area contributed by atoms with Gasteiger partial charge in [0.25, 0.3) is 0 Å². The van der Waals surface area contributed by atoms with Crippen molar-refractivity contribution < 1.29 is 22.6 Å². The summed E-state index contributed by atoms with van der Waals surface area (Å²) in [6, 6.07) is 9.77. The fourth-order valence-corrected chi connectivity index (χ4v) is 3.05. The molecule has 1 N–H and O–H groups in total. The predicted molar refractivity (Wildman–Crippen MR) is 98.4 cm³/mol. The van der Waals surface area contributed by atoms with Crippen LogP contribution in [-0.4, -0.2) is 50.9 Å². The molecule has 0 fully saturated rings. The first-order valence-electron chi connectivity index (χ1n) is 8.64. The Morgan fingerprint density at radius 2 is 1.78 bits per heavy atom. The van der Waals surface area contributed by atoms with Crippen molar-refractivity contribution in [1.29, 1.82) is 0 Å². The van der Waals surface area contributed by atoms with Gasteiger partial charge in [0.2, 0.25) is 0 Å². The van der Waals surface area contributed by atoms with E-state index in [0.717, 1.165) is 16.3 Å². The monoisotopic (exact) mass is 381 g/mol. The maximum Gasteiger partial charge on any atom is 0.390 e. The zero-order valence-electron chi connectivity index (χ0n) is 15.3. The predicted octanol–water partition coefficient (Wildman–Crippen LogP) is 3.57. The molecule has 0 unspecified atom stereocenters. The highest BCUT2D eigenvalue weighted by molar-refractivity contribution is 5.87. The molecule has 0 bridgehead atoms. The number of ether oxygens (including phenoxy) is 2. The Morgan fingerprint density at radius 1 is 1.07 bits per heavy atom. The maximum atomic E-state index is 12.4. The van der Waals surface area contributed by atoms with Gasteiger partial charge in [-0.2, -0.15) is 13.2 Å². The van der Waals surface area contributed by atoms with Crippen LogP contribution in [-0.2, 0) is 6.54 Å². The third-order valence-electron chi connectivity index (χ3n) is 4.45. The van der Waals surface area contributed by atoms with Crippen LogP contribution >= 0.6 is 0 Å². The van der Waals surface area contributed by atoms with Gasteiger partial charge in [-0.05, 0) is 34.5 Å². The zero-order chi connectivity index (χ0) is 19.4. The van der Waals surface area contributed by atoms with E-state index in [1.807, 2.05) is 30.3 Å². The average molecular weight is 381 g/mol. The smallest absolute Gasteiger partial charge is 0.390 e. The molecule has 0 saturated heterocycles. The lowest BCUT2D eigenvalue weighted by Crippen LogP contribution is -2.39. The van der Waals surface area contributed by atoms with E-state index < -0.39 is 12.6 Å². The molecule has 1 heterocycles. The molecular formula is C19H22F3N3O2. The van der Waals surface area contributed by atoms with E-state index in [4.69, 9.17) is 9.47 Å². The minimum Gasteiger partial charge on any atom is -0.493 e. The largest absolute Gasteiger partial charge is 0.493 e. The summed E-state index contributed by atoms with van der Waals surface area (Å²) in [5.41, 5.74) is 1.00. The molecule has 2 aromatic rings. The van der Waals surface area contributed by atoms with Gasteiger partial charge in [-0.3, -0.25) is 4.99 Å². The summed E-state index contributed by atoms with van der Waals surface area (Å²) in [5, 5.41) is 5.16. The lowest BCUT2D eigenvalue weighted by atomic mass is 10.1. The van der Waals surface area contributed by atoms with Crippen molar-refractivity contribution in [2.75, 3.05) is 33.9 Å². The third kappa shape index (κ3) is 4.75. The number of benzene rings is 2. The molecule has 27 heavy (non-hydrogen) atoms. The first-order valence-corrected chi connectivity index (χ1v) is 8.64. The number of methoxy groups -OCH3 is 2. The summed E-state index contributed by atoms with van der Waals surface area (Å²) < 4.78 is 48.0. The van der Waals surface area contributed by atoms with Crippen LogP contribution < -0.4 is 14.8 Å². The van der Waals surface area contributed by atoms with Crippen LogP contribution in [0.3, 0.4) is 0 Å². The van der Waals surface area contributed by atoms with Gasteiger partial charge in [0.1, 0.15) is 0 Å². The second-order valence-corrected chi connectivity index (χ2v) is 6.30. The lowest BCUT2D eigenvalue weighted by molar-refractivity contribution is -0.136. The molecule has 0 aliphatic carbocycles. The summed E-state index contributed by atoms with van der Waals surface area (Å²) in [5.74, 6) is 1.83. The number of hydrogen-bond donors (Lipinski definition) is 1. The van der Waals surface area contributed by atoms with E-state index in [1.54, 1.807) is 19.1 Å². The Balaban J connectivity index is 1.68. The van der Waals surface area contributed by atoms with E-state index in [-0.39, 0.29) is 6.54 Å². The lowest BCUT2D eigenvalue weighted by Gasteiger charge is -2.21. The second kappa shape index (κ2) is 7.94. The highest BCUT2D eigenvalue weighted by Gasteiger charge is 2.29. The Labute approximate surface area is 155 Å². The molecule has 8 heteroatoms. The Kier molecular flexibility index (Phi) is 5.62. The van der Waals surface area contributed by atoms with E-state index >= 15 is 0 Å². The molecule has 0 amide bonds. The van der Waals surface area contributed by atoms with Crippen LogP contribution in [0.25, 0.3) is 10.8 Å². The van der Waals surface area contributed by atoms with Crippen LogP contribution in [0.5, 0.6) is 11.5 Å². The molecule has 0 atom stereocenters. The average Bonchev–Trinajstić information content (AvgIpc) is 3.10. The number of alkyl halides is 3. The zero-order valence-corrected chi connectivity index (χ0v) is 15.3. The van der Waals surface area contributed by atoms with Crippen LogP contribution in [0.15, 0.2) is 35.3 Å². The molecule has 0 spiro atoms. The molecule has 1 aliphatic heterocycles. The number of rotatable bonds is 6. The maximum absolute atomic E-state index is 12.4. The van der Waals surface area contributed by atoms with Crippen molar-refractivity contribution in [2.45, 2.75) is 19.1 Å². The first kappa shape index (κ1) is 19.1. The van der Waals surface area contributed by atoms with Crippen LogP contribution in [0.1, 0.15) is 12.0 Å². The fraction of sp³-hybridized carbons (Fsp3) is 0.421. The normalized spacial score (nSPS) is 14.4. The standard InChI is InChI=1S/C19H22F3N3O2/c1-26-16-10-14-4-3-13(9-15(14)11-17(16)27-2)12-24-18-23-6-8-25(18)7-5-19(20,21)22/h3-4,9-11H,5-8,12H2,1-2H3,(H,23,24). The second-order valence-electron chi connectivity index (χ2n) is 6.30. The van der Waals surface area contributed by atoms with E-state index in [1.165, 1.54) is 0 Å². The van der Waals surface area contributed by atoms with Crippen molar-refractivity contribution in [3.63, 3.8) is 0 Å². The van der Waals surface area contributed by atoms with Gasteiger partial charge in [-0.25, -0.2) is 0 Å². The molecular weight excluding hydrogens is 359 g/mol. The van der Waals surface area contributed by atoms with Gasteiger partial charge in [-0.15, -0.1) is 0 Å². The first-order chi connectivity index (χ1) is 12.9. The number of aliphatic imine (C=N–C) groups is 1. The molecule has 0 saturated carbocycles. The van der Waals surface area contributed by atoms with Gasteiger partial charge in [-0.1, -0.05) is 12.1 Å². The van der Waals surface area contributed by atoms with Crippen LogP contribution in [0, 0.1) is 0 Å². The Hall–Kier alpha value is -2.64. The number of fused-ring (bicyclic) bond motifs is 1. The third-order valence-corrected chi connectivity index (χ3v) is 4.45. The summed E-state index contributed by atoms with van der Waals surface area (Å²) >= 11 is 0. The van der Waals surface area contributed by atoms with Gasteiger partial charge in [0.05, 0.1) is 27.2 Å². The SMILES string of the molecule is COc1cc2ccc(CNC3=NCCN3CCC(F)(F)F)cc2cc1OC. The highest BCUT2D eigenvalue weighted by Crippen LogP contribution is 2.32. The van der Waals surface area contributed by atoms with Gasteiger partial charge in [0.15, 0.2) is 17.5 Å². The molecule has 146 valence electrons.